The molecule has 7 heteroatoms. The van der Waals surface area contributed by atoms with Crippen molar-refractivity contribution in [2.45, 2.75) is 13.1 Å². The summed E-state index contributed by atoms with van der Waals surface area (Å²) < 4.78 is 21.5. The van der Waals surface area contributed by atoms with Crippen molar-refractivity contribution < 1.29 is 23.1 Å². The second kappa shape index (κ2) is 8.79. The molecule has 0 saturated carbocycles. The molecule has 0 spiro atoms. The summed E-state index contributed by atoms with van der Waals surface area (Å²) in [6.45, 7) is 0.367. The normalized spacial score (nSPS) is 10.8. The average Bonchev–Trinajstić information content (AvgIpc) is 3.31. The average molecular weight is 419 g/mol. The van der Waals surface area contributed by atoms with Gasteiger partial charge in [-0.25, -0.2) is 4.79 Å². The van der Waals surface area contributed by atoms with Crippen LogP contribution in [-0.2, 0) is 13.1 Å². The molecule has 0 aliphatic rings. The zero-order valence-corrected chi connectivity index (χ0v) is 17.2. The number of benzene rings is 2. The van der Waals surface area contributed by atoms with E-state index in [1.807, 2.05) is 12.1 Å². The van der Waals surface area contributed by atoms with Crippen LogP contribution >= 0.6 is 0 Å². The van der Waals surface area contributed by atoms with Gasteiger partial charge in [-0.1, -0.05) is 18.2 Å². The van der Waals surface area contributed by atoms with Gasteiger partial charge in [-0.15, -0.1) is 0 Å². The van der Waals surface area contributed by atoms with Gasteiger partial charge in [0, 0.05) is 17.0 Å². The molecular formula is C24H21NO6. The molecule has 0 aliphatic carbocycles. The standard InChI is InChI=1S/C24H21NO6/c1-28-18-10-9-17(22(13-18)29-2)14-25(15-19-7-5-11-30-19)23(26)20-12-16-6-3-4-8-21(16)31-24(20)27/h3-13H,14-15H2,1-2H3. The number of fused-ring (bicyclic) bond motifs is 1. The molecule has 31 heavy (non-hydrogen) atoms. The van der Waals surface area contributed by atoms with E-state index in [4.69, 9.17) is 18.3 Å². The zero-order chi connectivity index (χ0) is 21.8. The Hall–Kier alpha value is -4.00. The van der Waals surface area contributed by atoms with Crippen LogP contribution in [0.1, 0.15) is 21.7 Å². The van der Waals surface area contributed by atoms with Crippen molar-refractivity contribution in [1.29, 1.82) is 0 Å². The van der Waals surface area contributed by atoms with E-state index in [0.29, 0.717) is 28.2 Å². The minimum atomic E-state index is -0.685. The Labute approximate surface area is 178 Å². The third-order valence-corrected chi connectivity index (χ3v) is 4.94. The molecule has 2 aromatic heterocycles. The number of nitrogens with zero attached hydrogens (tertiary/aromatic N) is 1. The summed E-state index contributed by atoms with van der Waals surface area (Å²) in [4.78, 5) is 27.5. The van der Waals surface area contributed by atoms with E-state index in [0.717, 1.165) is 5.56 Å². The first kappa shape index (κ1) is 20.3. The van der Waals surface area contributed by atoms with Crippen LogP contribution in [0.15, 0.2) is 80.6 Å². The van der Waals surface area contributed by atoms with E-state index in [1.165, 1.54) is 11.2 Å². The van der Waals surface area contributed by atoms with E-state index < -0.39 is 11.5 Å². The summed E-state index contributed by atoms with van der Waals surface area (Å²) in [6.07, 6.45) is 1.54. The van der Waals surface area contributed by atoms with Gasteiger partial charge in [0.15, 0.2) is 0 Å². The Morgan fingerprint density at radius 3 is 2.55 bits per heavy atom. The van der Waals surface area contributed by atoms with Crippen molar-refractivity contribution in [2.75, 3.05) is 14.2 Å². The maximum atomic E-state index is 13.4. The van der Waals surface area contributed by atoms with Crippen LogP contribution in [0, 0.1) is 0 Å². The van der Waals surface area contributed by atoms with Crippen molar-refractivity contribution in [1.82, 2.24) is 4.90 Å². The number of ether oxygens (including phenoxy) is 2. The fraction of sp³-hybridized carbons (Fsp3) is 0.167. The Morgan fingerprint density at radius 2 is 1.81 bits per heavy atom. The molecule has 0 fully saturated rings. The van der Waals surface area contributed by atoms with E-state index in [-0.39, 0.29) is 18.7 Å². The minimum absolute atomic E-state index is 0.0438. The third-order valence-electron chi connectivity index (χ3n) is 4.94. The number of hydrogen-bond donors (Lipinski definition) is 0. The van der Waals surface area contributed by atoms with Crippen LogP contribution in [0.4, 0.5) is 0 Å². The lowest BCUT2D eigenvalue weighted by Gasteiger charge is -2.23. The molecule has 0 aliphatic heterocycles. The Bertz CT molecular complexity index is 1260. The number of amides is 1. The van der Waals surface area contributed by atoms with Gasteiger partial charge in [-0.05, 0) is 36.4 Å². The maximum Gasteiger partial charge on any atom is 0.349 e. The van der Waals surface area contributed by atoms with Gasteiger partial charge < -0.3 is 23.2 Å². The van der Waals surface area contributed by atoms with Gasteiger partial charge in [0.05, 0.1) is 33.6 Å². The molecule has 1 amide bonds. The fourth-order valence-corrected chi connectivity index (χ4v) is 3.36. The fourth-order valence-electron chi connectivity index (χ4n) is 3.36. The summed E-state index contributed by atoms with van der Waals surface area (Å²) in [5.41, 5.74) is 0.458. The first-order chi connectivity index (χ1) is 15.1. The van der Waals surface area contributed by atoms with Crippen molar-refractivity contribution in [3.8, 4) is 11.5 Å². The summed E-state index contributed by atoms with van der Waals surface area (Å²) in [7, 11) is 3.12. The highest BCUT2D eigenvalue weighted by Crippen LogP contribution is 2.27. The van der Waals surface area contributed by atoms with E-state index in [1.54, 1.807) is 62.8 Å². The quantitative estimate of drug-likeness (QED) is 0.417. The lowest BCUT2D eigenvalue weighted by atomic mass is 10.1. The molecule has 158 valence electrons. The topological polar surface area (TPSA) is 82.1 Å². The predicted molar refractivity (Wildman–Crippen MR) is 114 cm³/mol. The molecule has 0 N–H and O–H groups in total. The van der Waals surface area contributed by atoms with Crippen molar-refractivity contribution >= 4 is 16.9 Å². The Balaban J connectivity index is 1.72. The zero-order valence-electron chi connectivity index (χ0n) is 17.2. The highest BCUT2D eigenvalue weighted by atomic mass is 16.5. The maximum absolute atomic E-state index is 13.4. The molecule has 0 bridgehead atoms. The predicted octanol–water partition coefficient (Wildman–Crippen LogP) is 4.25. The lowest BCUT2D eigenvalue weighted by Crippen LogP contribution is -2.33. The smallest absolute Gasteiger partial charge is 0.349 e. The summed E-state index contributed by atoms with van der Waals surface area (Å²) in [5, 5.41) is 0.672. The monoisotopic (exact) mass is 419 g/mol. The van der Waals surface area contributed by atoms with Crippen LogP contribution < -0.4 is 15.1 Å². The van der Waals surface area contributed by atoms with Gasteiger partial charge >= 0.3 is 5.63 Å². The van der Waals surface area contributed by atoms with Gasteiger partial charge in [0.1, 0.15) is 28.4 Å². The first-order valence-corrected chi connectivity index (χ1v) is 9.64. The molecule has 0 atom stereocenters. The number of hydrogen-bond acceptors (Lipinski definition) is 6. The van der Waals surface area contributed by atoms with E-state index >= 15 is 0 Å². The van der Waals surface area contributed by atoms with Crippen LogP contribution in [-0.4, -0.2) is 25.0 Å². The molecule has 0 saturated heterocycles. The molecule has 0 radical (unpaired) electrons. The number of para-hydroxylation sites is 1. The van der Waals surface area contributed by atoms with Crippen molar-refractivity contribution in [2.24, 2.45) is 0 Å². The lowest BCUT2D eigenvalue weighted by molar-refractivity contribution is 0.0712. The molecule has 4 aromatic rings. The second-order valence-corrected chi connectivity index (χ2v) is 6.90. The summed E-state index contributed by atoms with van der Waals surface area (Å²) in [5.74, 6) is 1.33. The van der Waals surface area contributed by atoms with Crippen molar-refractivity contribution in [3.63, 3.8) is 0 Å². The largest absolute Gasteiger partial charge is 0.497 e. The number of furan rings is 1. The SMILES string of the molecule is COc1ccc(CN(Cc2ccco2)C(=O)c2cc3ccccc3oc2=O)c(OC)c1. The van der Waals surface area contributed by atoms with E-state index in [9.17, 15) is 9.59 Å². The molecular weight excluding hydrogens is 398 g/mol. The van der Waals surface area contributed by atoms with Crippen LogP contribution in [0.2, 0.25) is 0 Å². The Morgan fingerprint density at radius 1 is 0.968 bits per heavy atom. The number of carbonyl (C=O) groups is 1. The minimum Gasteiger partial charge on any atom is -0.497 e. The molecule has 2 heterocycles. The van der Waals surface area contributed by atoms with Crippen molar-refractivity contribution in [3.05, 3.63) is 94.2 Å². The second-order valence-electron chi connectivity index (χ2n) is 6.90. The van der Waals surface area contributed by atoms with E-state index in [2.05, 4.69) is 0 Å². The molecule has 0 unspecified atom stereocenters. The Kier molecular flexibility index (Phi) is 5.75. The van der Waals surface area contributed by atoms with Gasteiger partial charge in [-0.3, -0.25) is 4.79 Å². The van der Waals surface area contributed by atoms with Gasteiger partial charge in [0.25, 0.3) is 5.91 Å². The third kappa shape index (κ3) is 4.30. The first-order valence-electron chi connectivity index (χ1n) is 9.64. The van der Waals surface area contributed by atoms with Crippen LogP contribution in [0.3, 0.4) is 0 Å². The summed E-state index contributed by atoms with van der Waals surface area (Å²) in [6, 6.07) is 17.5. The highest BCUT2D eigenvalue weighted by Gasteiger charge is 2.23. The summed E-state index contributed by atoms with van der Waals surface area (Å²) >= 11 is 0. The number of methoxy groups -OCH3 is 2. The number of rotatable bonds is 7. The molecule has 2 aromatic carbocycles. The molecule has 4 rings (SSSR count). The van der Waals surface area contributed by atoms with Crippen LogP contribution in [0.25, 0.3) is 11.0 Å². The van der Waals surface area contributed by atoms with Gasteiger partial charge in [0.2, 0.25) is 0 Å². The highest BCUT2D eigenvalue weighted by molar-refractivity contribution is 5.96. The molecule has 7 nitrogen and oxygen atoms in total. The number of carbonyl (C=O) groups excluding carboxylic acids is 1. The van der Waals surface area contributed by atoms with Crippen LogP contribution in [0.5, 0.6) is 11.5 Å². The van der Waals surface area contributed by atoms with Gasteiger partial charge in [-0.2, -0.15) is 0 Å².